The van der Waals surface area contributed by atoms with Gasteiger partial charge in [-0.2, -0.15) is 0 Å². The molecule has 1 aromatic carbocycles. The molecule has 0 bridgehead atoms. The molecule has 5 heteroatoms. The summed E-state index contributed by atoms with van der Waals surface area (Å²) in [5, 5.41) is 3.96. The molecule has 18 heavy (non-hydrogen) atoms. The fourth-order valence-corrected chi connectivity index (χ4v) is 2.09. The molecule has 1 heterocycles. The quantitative estimate of drug-likeness (QED) is 0.926. The van der Waals surface area contributed by atoms with Crippen LogP contribution in [0.1, 0.15) is 31.6 Å². The molecule has 2 N–H and O–H groups in total. The number of nitrogens with two attached hydrogens (primary N) is 1. The standard InChI is InChI=1S/C13H14BrFN2O/c1-2-3-11(16)13-7-12(17-18-13)8-4-5-10(15)9(14)6-8/h4-7,11H,2-3,16H2,1H3. The highest BCUT2D eigenvalue weighted by molar-refractivity contribution is 9.10. The molecule has 0 aliphatic heterocycles. The Morgan fingerprint density at radius 3 is 2.89 bits per heavy atom. The van der Waals surface area contributed by atoms with Crippen molar-refractivity contribution in [1.29, 1.82) is 0 Å². The Bertz CT molecular complexity index is 542. The van der Waals surface area contributed by atoms with E-state index in [9.17, 15) is 4.39 Å². The molecule has 0 aliphatic rings. The molecular formula is C13H14BrFN2O. The van der Waals surface area contributed by atoms with Gasteiger partial charge in [0.15, 0.2) is 5.76 Å². The Morgan fingerprint density at radius 1 is 1.44 bits per heavy atom. The van der Waals surface area contributed by atoms with Gasteiger partial charge in [0, 0.05) is 11.6 Å². The van der Waals surface area contributed by atoms with E-state index >= 15 is 0 Å². The van der Waals surface area contributed by atoms with Crippen molar-refractivity contribution >= 4 is 15.9 Å². The zero-order valence-electron chi connectivity index (χ0n) is 9.99. The van der Waals surface area contributed by atoms with Crippen LogP contribution in [0.15, 0.2) is 33.3 Å². The Labute approximate surface area is 113 Å². The maximum atomic E-state index is 13.1. The van der Waals surface area contributed by atoms with Crippen molar-refractivity contribution in [3.8, 4) is 11.3 Å². The minimum absolute atomic E-state index is 0.139. The first-order valence-electron chi connectivity index (χ1n) is 5.79. The maximum Gasteiger partial charge on any atom is 0.154 e. The highest BCUT2D eigenvalue weighted by Crippen LogP contribution is 2.27. The highest BCUT2D eigenvalue weighted by atomic mass is 79.9. The van der Waals surface area contributed by atoms with Crippen LogP contribution < -0.4 is 5.73 Å². The van der Waals surface area contributed by atoms with E-state index in [1.54, 1.807) is 18.2 Å². The van der Waals surface area contributed by atoms with Crippen molar-refractivity contribution in [2.45, 2.75) is 25.8 Å². The van der Waals surface area contributed by atoms with Gasteiger partial charge in [0.2, 0.25) is 0 Å². The molecule has 0 saturated carbocycles. The van der Waals surface area contributed by atoms with Crippen LogP contribution in [0.3, 0.4) is 0 Å². The molecule has 1 atom stereocenters. The average molecular weight is 313 g/mol. The van der Waals surface area contributed by atoms with Crippen LogP contribution in [0.5, 0.6) is 0 Å². The Kier molecular flexibility index (Phi) is 4.14. The smallest absolute Gasteiger partial charge is 0.154 e. The molecule has 1 unspecified atom stereocenters. The highest BCUT2D eigenvalue weighted by Gasteiger charge is 2.13. The summed E-state index contributed by atoms with van der Waals surface area (Å²) in [4.78, 5) is 0. The third-order valence-corrected chi connectivity index (χ3v) is 3.32. The third kappa shape index (κ3) is 2.79. The largest absolute Gasteiger partial charge is 0.359 e. The van der Waals surface area contributed by atoms with E-state index in [1.165, 1.54) is 6.07 Å². The molecule has 0 fully saturated rings. The van der Waals surface area contributed by atoms with Gasteiger partial charge in [0.25, 0.3) is 0 Å². The van der Waals surface area contributed by atoms with Gasteiger partial charge in [-0.15, -0.1) is 0 Å². The molecule has 0 amide bonds. The van der Waals surface area contributed by atoms with E-state index in [0.717, 1.165) is 18.4 Å². The molecular weight excluding hydrogens is 299 g/mol. The summed E-state index contributed by atoms with van der Waals surface area (Å²) in [6, 6.07) is 6.38. The lowest BCUT2D eigenvalue weighted by molar-refractivity contribution is 0.356. The van der Waals surface area contributed by atoms with E-state index in [-0.39, 0.29) is 11.9 Å². The van der Waals surface area contributed by atoms with Crippen molar-refractivity contribution in [2.75, 3.05) is 0 Å². The molecule has 0 spiro atoms. The first kappa shape index (κ1) is 13.2. The molecule has 96 valence electrons. The van der Waals surface area contributed by atoms with Crippen LogP contribution in [-0.2, 0) is 0 Å². The second-order valence-electron chi connectivity index (χ2n) is 4.14. The fraction of sp³-hybridized carbons (Fsp3) is 0.308. The maximum absolute atomic E-state index is 13.1. The lowest BCUT2D eigenvalue weighted by atomic mass is 10.1. The summed E-state index contributed by atoms with van der Waals surface area (Å²) in [6.45, 7) is 2.06. The normalized spacial score (nSPS) is 12.7. The van der Waals surface area contributed by atoms with Crippen LogP contribution in [0.4, 0.5) is 4.39 Å². The van der Waals surface area contributed by atoms with Gasteiger partial charge in [0.05, 0.1) is 10.5 Å². The van der Waals surface area contributed by atoms with E-state index in [2.05, 4.69) is 28.0 Å². The van der Waals surface area contributed by atoms with E-state index in [4.69, 9.17) is 10.3 Å². The van der Waals surface area contributed by atoms with E-state index < -0.39 is 0 Å². The van der Waals surface area contributed by atoms with Gasteiger partial charge in [-0.25, -0.2) is 4.39 Å². The molecule has 0 aliphatic carbocycles. The summed E-state index contributed by atoms with van der Waals surface area (Å²) in [7, 11) is 0. The summed E-state index contributed by atoms with van der Waals surface area (Å²) in [6.07, 6.45) is 1.83. The van der Waals surface area contributed by atoms with Gasteiger partial charge in [-0.3, -0.25) is 0 Å². The Balaban J connectivity index is 2.26. The molecule has 0 saturated heterocycles. The van der Waals surface area contributed by atoms with Crippen LogP contribution in [0.25, 0.3) is 11.3 Å². The lowest BCUT2D eigenvalue weighted by Crippen LogP contribution is -2.08. The third-order valence-electron chi connectivity index (χ3n) is 2.71. The summed E-state index contributed by atoms with van der Waals surface area (Å²) in [5.41, 5.74) is 7.41. The zero-order chi connectivity index (χ0) is 13.1. The predicted octanol–water partition coefficient (Wildman–Crippen LogP) is 4.04. The zero-order valence-corrected chi connectivity index (χ0v) is 11.6. The van der Waals surface area contributed by atoms with Crippen LogP contribution in [0, 0.1) is 5.82 Å². The second kappa shape index (κ2) is 5.63. The van der Waals surface area contributed by atoms with Crippen molar-refractivity contribution in [2.24, 2.45) is 5.73 Å². The Hall–Kier alpha value is -1.20. The predicted molar refractivity (Wildman–Crippen MR) is 71.4 cm³/mol. The first-order valence-corrected chi connectivity index (χ1v) is 6.58. The molecule has 0 radical (unpaired) electrons. The van der Waals surface area contributed by atoms with E-state index in [0.29, 0.717) is 15.9 Å². The molecule has 2 rings (SSSR count). The molecule has 2 aromatic rings. The van der Waals surface area contributed by atoms with Crippen molar-refractivity contribution in [3.05, 3.63) is 40.3 Å². The number of benzene rings is 1. The topological polar surface area (TPSA) is 52.0 Å². The molecule has 3 nitrogen and oxygen atoms in total. The number of nitrogens with zero attached hydrogens (tertiary/aromatic N) is 1. The SMILES string of the molecule is CCCC(N)c1cc(-c2ccc(F)c(Br)c2)no1. The first-order chi connectivity index (χ1) is 8.61. The van der Waals surface area contributed by atoms with Crippen LogP contribution in [0.2, 0.25) is 0 Å². The van der Waals surface area contributed by atoms with E-state index in [1.807, 2.05) is 0 Å². The van der Waals surface area contributed by atoms with Crippen molar-refractivity contribution < 1.29 is 8.91 Å². The lowest BCUT2D eigenvalue weighted by Gasteiger charge is -2.03. The van der Waals surface area contributed by atoms with Gasteiger partial charge >= 0.3 is 0 Å². The summed E-state index contributed by atoms with van der Waals surface area (Å²) in [5.74, 6) is 0.359. The van der Waals surface area contributed by atoms with Crippen LogP contribution >= 0.6 is 15.9 Å². The number of halogens is 2. The van der Waals surface area contributed by atoms with Gasteiger partial charge in [-0.1, -0.05) is 18.5 Å². The minimum atomic E-state index is -0.301. The number of aromatic nitrogens is 1. The number of rotatable bonds is 4. The number of hydrogen-bond acceptors (Lipinski definition) is 3. The fourth-order valence-electron chi connectivity index (χ4n) is 1.71. The van der Waals surface area contributed by atoms with Crippen molar-refractivity contribution in [1.82, 2.24) is 5.16 Å². The van der Waals surface area contributed by atoms with Crippen LogP contribution in [-0.4, -0.2) is 5.16 Å². The summed E-state index contributed by atoms with van der Waals surface area (Å²) < 4.78 is 18.8. The van der Waals surface area contributed by atoms with Gasteiger partial charge < -0.3 is 10.3 Å². The molecule has 1 aromatic heterocycles. The summed E-state index contributed by atoms with van der Waals surface area (Å²) >= 11 is 3.15. The van der Waals surface area contributed by atoms with Gasteiger partial charge in [-0.05, 0) is 40.5 Å². The van der Waals surface area contributed by atoms with Gasteiger partial charge in [0.1, 0.15) is 11.5 Å². The minimum Gasteiger partial charge on any atom is -0.359 e. The number of hydrogen-bond donors (Lipinski definition) is 1. The van der Waals surface area contributed by atoms with Crippen molar-refractivity contribution in [3.63, 3.8) is 0 Å². The monoisotopic (exact) mass is 312 g/mol. The average Bonchev–Trinajstić information content (AvgIpc) is 2.82. The Morgan fingerprint density at radius 2 is 2.22 bits per heavy atom. The second-order valence-corrected chi connectivity index (χ2v) is 4.99.